The largest absolute Gasteiger partial charge is 0.492 e. The Morgan fingerprint density at radius 1 is 1.17 bits per heavy atom. The number of aromatic amines is 1. The third-order valence-electron chi connectivity index (χ3n) is 7.09. The fourth-order valence-corrected chi connectivity index (χ4v) is 6.27. The Morgan fingerprint density at radius 3 is 2.50 bits per heavy atom. The van der Waals surface area contributed by atoms with Crippen LogP contribution < -0.4 is 4.74 Å². The third-order valence-corrected chi connectivity index (χ3v) is 8.21. The number of halogens is 3. The van der Waals surface area contributed by atoms with E-state index in [4.69, 9.17) is 14.2 Å². The molecule has 0 saturated carbocycles. The molecule has 1 amide bonds. The second kappa shape index (κ2) is 11.7. The number of ether oxygens (including phenoxy) is 3. The van der Waals surface area contributed by atoms with Gasteiger partial charge in [-0.25, -0.2) is 9.78 Å². The summed E-state index contributed by atoms with van der Waals surface area (Å²) in [6.45, 7) is 11.5. The fourth-order valence-electron chi connectivity index (χ4n) is 5.15. The van der Waals surface area contributed by atoms with E-state index in [1.807, 2.05) is 13.8 Å². The number of alkyl halides is 3. The van der Waals surface area contributed by atoms with E-state index in [0.717, 1.165) is 19.6 Å². The molecule has 2 aliphatic heterocycles. The summed E-state index contributed by atoms with van der Waals surface area (Å²) in [5, 5.41) is -0.984. The molecule has 1 aromatic carbocycles. The van der Waals surface area contributed by atoms with Gasteiger partial charge in [-0.05, 0) is 38.1 Å². The maximum atomic E-state index is 13.7. The summed E-state index contributed by atoms with van der Waals surface area (Å²) in [4.78, 5) is 37.3. The number of rotatable bonds is 7. The van der Waals surface area contributed by atoms with Crippen molar-refractivity contribution in [3.63, 3.8) is 0 Å². The van der Waals surface area contributed by atoms with E-state index in [-0.39, 0.29) is 23.7 Å². The molecule has 9 nitrogen and oxygen atoms in total. The van der Waals surface area contributed by atoms with Crippen LogP contribution in [0.2, 0.25) is 0 Å². The van der Waals surface area contributed by atoms with Gasteiger partial charge >= 0.3 is 12.1 Å². The molecule has 226 valence electrons. The van der Waals surface area contributed by atoms with Crippen LogP contribution in [-0.4, -0.2) is 83.7 Å². The Morgan fingerprint density at radius 2 is 1.86 bits per heavy atom. The van der Waals surface area contributed by atoms with Crippen molar-refractivity contribution in [3.8, 4) is 5.75 Å². The number of fused-ring (bicyclic) bond motifs is 3. The highest BCUT2D eigenvalue weighted by molar-refractivity contribution is 7.18. The van der Waals surface area contributed by atoms with Gasteiger partial charge in [0.2, 0.25) is 5.01 Å². The molecule has 13 heteroatoms. The molecule has 1 fully saturated rings. The number of morpholine rings is 1. The summed E-state index contributed by atoms with van der Waals surface area (Å²) >= 11 is 0.514. The number of hydrogen-bond donors (Lipinski definition) is 1. The van der Waals surface area contributed by atoms with Crippen molar-refractivity contribution in [2.75, 3.05) is 46.0 Å². The third kappa shape index (κ3) is 6.32. The lowest BCUT2D eigenvalue weighted by Gasteiger charge is -2.29. The van der Waals surface area contributed by atoms with Gasteiger partial charge in [0.25, 0.3) is 5.91 Å². The molecular weight excluding hydrogens is 573 g/mol. The molecule has 42 heavy (non-hydrogen) atoms. The highest BCUT2D eigenvalue weighted by Crippen LogP contribution is 2.45. The molecule has 2 aromatic heterocycles. The fraction of sp³-hybridized carbons (Fsp3) is 0.483. The second-order valence-corrected chi connectivity index (χ2v) is 12.2. The average Bonchev–Trinajstić information content (AvgIpc) is 3.47. The van der Waals surface area contributed by atoms with Gasteiger partial charge < -0.3 is 24.1 Å². The molecule has 3 aromatic rings. The molecule has 1 saturated heterocycles. The number of aromatic nitrogens is 2. The van der Waals surface area contributed by atoms with Crippen molar-refractivity contribution in [1.82, 2.24) is 19.8 Å². The van der Waals surface area contributed by atoms with Crippen LogP contribution in [-0.2, 0) is 25.9 Å². The van der Waals surface area contributed by atoms with Crippen LogP contribution in [0.25, 0.3) is 15.9 Å². The summed E-state index contributed by atoms with van der Waals surface area (Å²) in [6, 6.07) is 6.74. The number of nitrogens with zero attached hydrogens (tertiary/aromatic N) is 3. The highest BCUT2D eigenvalue weighted by atomic mass is 32.1. The van der Waals surface area contributed by atoms with Crippen molar-refractivity contribution in [2.45, 2.75) is 45.4 Å². The van der Waals surface area contributed by atoms with Gasteiger partial charge in [-0.2, -0.15) is 13.2 Å². The molecule has 0 radical (unpaired) electrons. The van der Waals surface area contributed by atoms with Gasteiger partial charge in [-0.15, -0.1) is 11.3 Å². The lowest BCUT2D eigenvalue weighted by Crippen LogP contribution is -2.38. The minimum atomic E-state index is -4.61. The van der Waals surface area contributed by atoms with E-state index in [1.165, 1.54) is 11.1 Å². The lowest BCUT2D eigenvalue weighted by atomic mass is 9.83. The van der Waals surface area contributed by atoms with E-state index in [0.29, 0.717) is 58.4 Å². The highest BCUT2D eigenvalue weighted by Gasteiger charge is 2.41. The predicted molar refractivity (Wildman–Crippen MR) is 151 cm³/mol. The number of nitrogens with one attached hydrogen (secondary N) is 1. The standard InChI is InChI=1S/C29H33F3N4O5S/c1-17(2)41-26(38)20-15-36(16-28(3,4)21-22(20)33-24-23(21)42-27(34-24)29(30,31)32)25(37)18-5-7-19(8-6-18)40-14-11-35-9-12-39-13-10-35/h5-8,15,17,33H,9-14,16H2,1-4H3. The van der Waals surface area contributed by atoms with Crippen LogP contribution in [0, 0.1) is 0 Å². The Kier molecular flexibility index (Phi) is 8.37. The Hall–Kier alpha value is -3.42. The maximum Gasteiger partial charge on any atom is 0.443 e. The van der Waals surface area contributed by atoms with Crippen LogP contribution in [0.1, 0.15) is 54.3 Å². The molecule has 0 unspecified atom stereocenters. The summed E-state index contributed by atoms with van der Waals surface area (Å²) in [5.74, 6) is -0.453. The Labute approximate surface area is 245 Å². The van der Waals surface area contributed by atoms with Gasteiger partial charge in [0, 0.05) is 48.9 Å². The molecule has 4 heterocycles. The first-order valence-electron chi connectivity index (χ1n) is 13.7. The van der Waals surface area contributed by atoms with Crippen LogP contribution in [0.4, 0.5) is 13.2 Å². The van der Waals surface area contributed by atoms with E-state index in [9.17, 15) is 22.8 Å². The number of thiazole rings is 1. The van der Waals surface area contributed by atoms with Crippen molar-refractivity contribution < 1.29 is 37.0 Å². The van der Waals surface area contributed by atoms with E-state index < -0.39 is 28.7 Å². The number of carbonyl (C=O) groups is 2. The lowest BCUT2D eigenvalue weighted by molar-refractivity contribution is -0.140. The minimum absolute atomic E-state index is 0.0395. The number of H-pyrrole nitrogens is 1. The van der Waals surface area contributed by atoms with Gasteiger partial charge in [-0.1, -0.05) is 13.8 Å². The normalized spacial score (nSPS) is 17.6. The molecule has 2 aliphatic rings. The van der Waals surface area contributed by atoms with Crippen LogP contribution in [0.5, 0.6) is 5.75 Å². The van der Waals surface area contributed by atoms with E-state index >= 15 is 0 Å². The average molecular weight is 607 g/mol. The summed E-state index contributed by atoms with van der Waals surface area (Å²) in [5.41, 5.74) is 0.380. The first-order valence-corrected chi connectivity index (χ1v) is 14.5. The van der Waals surface area contributed by atoms with Gasteiger partial charge in [0.15, 0.2) is 0 Å². The summed E-state index contributed by atoms with van der Waals surface area (Å²) < 4.78 is 57.4. The maximum absolute atomic E-state index is 13.7. The summed E-state index contributed by atoms with van der Waals surface area (Å²) in [6.07, 6.45) is -3.65. The van der Waals surface area contributed by atoms with Gasteiger partial charge in [0.1, 0.15) is 18.0 Å². The number of esters is 1. The van der Waals surface area contributed by atoms with Crippen LogP contribution >= 0.6 is 11.3 Å². The molecule has 0 bridgehead atoms. The van der Waals surface area contributed by atoms with Gasteiger partial charge in [-0.3, -0.25) is 9.69 Å². The second-order valence-electron chi connectivity index (χ2n) is 11.2. The Balaban J connectivity index is 1.42. The molecular formula is C29H33F3N4O5S. The zero-order valence-electron chi connectivity index (χ0n) is 23.8. The minimum Gasteiger partial charge on any atom is -0.492 e. The smallest absolute Gasteiger partial charge is 0.443 e. The first kappa shape index (κ1) is 30.1. The zero-order chi connectivity index (χ0) is 30.2. The topological polar surface area (TPSA) is 97.0 Å². The van der Waals surface area contributed by atoms with Gasteiger partial charge in [0.05, 0.1) is 35.3 Å². The number of amides is 1. The summed E-state index contributed by atoms with van der Waals surface area (Å²) in [7, 11) is 0. The first-order chi connectivity index (χ1) is 19.8. The molecule has 0 atom stereocenters. The SMILES string of the molecule is CC(C)OC(=O)C1=CN(C(=O)c2ccc(OCCN3CCOCC3)cc2)CC(C)(C)c2c1[nH]c1nc(C(F)(F)F)sc21. The monoisotopic (exact) mass is 606 g/mol. The van der Waals surface area contributed by atoms with Crippen molar-refractivity contribution in [2.24, 2.45) is 0 Å². The number of carbonyl (C=O) groups excluding carboxylic acids is 2. The molecule has 5 rings (SSSR count). The van der Waals surface area contributed by atoms with Crippen LogP contribution in [0.15, 0.2) is 30.5 Å². The van der Waals surface area contributed by atoms with Crippen LogP contribution in [0.3, 0.4) is 0 Å². The molecule has 0 aliphatic carbocycles. The van der Waals surface area contributed by atoms with E-state index in [1.54, 1.807) is 38.1 Å². The quantitative estimate of drug-likeness (QED) is 0.375. The predicted octanol–water partition coefficient (Wildman–Crippen LogP) is 5.08. The van der Waals surface area contributed by atoms with E-state index in [2.05, 4.69) is 14.9 Å². The van der Waals surface area contributed by atoms with Crippen molar-refractivity contribution in [1.29, 1.82) is 0 Å². The molecule has 1 N–H and O–H groups in total. The Bertz CT molecular complexity index is 1490. The zero-order valence-corrected chi connectivity index (χ0v) is 24.7. The number of benzene rings is 1. The van der Waals surface area contributed by atoms with Crippen molar-refractivity contribution >= 4 is 39.1 Å². The number of hydrogen-bond acceptors (Lipinski definition) is 8. The molecule has 0 spiro atoms. The van der Waals surface area contributed by atoms with Crippen molar-refractivity contribution in [3.05, 3.63) is 52.3 Å².